The van der Waals surface area contributed by atoms with Gasteiger partial charge in [0, 0.05) is 26.2 Å². The number of ether oxygens (including phenoxy) is 1. The Morgan fingerprint density at radius 3 is 2.30 bits per heavy atom. The summed E-state index contributed by atoms with van der Waals surface area (Å²) in [6.45, 7) is 6.76. The summed E-state index contributed by atoms with van der Waals surface area (Å²) in [6, 6.07) is 4.87. The fourth-order valence-electron chi connectivity index (χ4n) is 3.55. The zero-order valence-corrected chi connectivity index (χ0v) is 16.3. The van der Waals surface area contributed by atoms with E-state index in [2.05, 4.69) is 0 Å². The van der Waals surface area contributed by atoms with Crippen LogP contribution in [0.5, 0.6) is 0 Å². The van der Waals surface area contributed by atoms with Gasteiger partial charge in [-0.05, 0) is 50.8 Å². The highest BCUT2D eigenvalue weighted by Gasteiger charge is 2.46. The number of benzene rings is 1. The first-order chi connectivity index (χ1) is 12.5. The summed E-state index contributed by atoms with van der Waals surface area (Å²) in [5, 5.41) is 8.94. The summed E-state index contributed by atoms with van der Waals surface area (Å²) in [5.74, 6) is -0.740. The van der Waals surface area contributed by atoms with E-state index >= 15 is 0 Å². The average Bonchev–Trinajstić information content (AvgIpc) is 3.11. The molecule has 0 bridgehead atoms. The van der Waals surface area contributed by atoms with Crippen LogP contribution in [0.15, 0.2) is 23.1 Å². The average molecular weight is 395 g/mol. The molecule has 9 heteroatoms. The van der Waals surface area contributed by atoms with Crippen molar-refractivity contribution in [2.24, 2.45) is 11.8 Å². The third kappa shape index (κ3) is 4.06. The van der Waals surface area contributed by atoms with E-state index in [1.54, 1.807) is 31.7 Å². The minimum absolute atomic E-state index is 0.0105. The smallest absolute Gasteiger partial charge is 0.410 e. The molecule has 1 aromatic rings. The van der Waals surface area contributed by atoms with Gasteiger partial charge in [0.15, 0.2) is 0 Å². The van der Waals surface area contributed by atoms with Gasteiger partial charge >= 0.3 is 6.09 Å². The van der Waals surface area contributed by atoms with Crippen molar-refractivity contribution in [2.45, 2.75) is 31.3 Å². The molecule has 0 aliphatic carbocycles. The molecule has 0 unspecified atom stereocenters. The molecule has 7 nitrogen and oxygen atoms in total. The van der Waals surface area contributed by atoms with Gasteiger partial charge in [0.1, 0.15) is 11.4 Å². The Morgan fingerprint density at radius 2 is 1.78 bits per heavy atom. The number of amides is 1. The predicted octanol–water partition coefficient (Wildman–Crippen LogP) is 2.18. The summed E-state index contributed by atoms with van der Waals surface area (Å²) < 4.78 is 46.0. The Balaban J connectivity index is 1.71. The zero-order chi connectivity index (χ0) is 20.0. The van der Waals surface area contributed by atoms with Gasteiger partial charge in [-0.25, -0.2) is 17.6 Å². The van der Waals surface area contributed by atoms with Gasteiger partial charge in [-0.1, -0.05) is 0 Å². The number of likely N-dealkylation sites (tertiary alicyclic amines) is 1. The molecule has 2 atom stereocenters. The third-order valence-corrected chi connectivity index (χ3v) is 6.55. The van der Waals surface area contributed by atoms with Gasteiger partial charge in [-0.3, -0.25) is 0 Å². The Morgan fingerprint density at radius 1 is 1.19 bits per heavy atom. The fraction of sp³-hybridized carbons (Fsp3) is 0.556. The first-order valence-corrected chi connectivity index (χ1v) is 10.1. The number of hydrogen-bond donors (Lipinski definition) is 0. The molecule has 0 radical (unpaired) electrons. The number of fused-ring (bicyclic) bond motifs is 1. The highest BCUT2D eigenvalue weighted by atomic mass is 32.2. The Kier molecular flexibility index (Phi) is 4.91. The largest absolute Gasteiger partial charge is 0.444 e. The molecule has 2 fully saturated rings. The highest BCUT2D eigenvalue weighted by Crippen LogP contribution is 2.35. The Bertz CT molecular complexity index is 890. The van der Waals surface area contributed by atoms with Crippen molar-refractivity contribution in [1.82, 2.24) is 9.21 Å². The molecule has 0 spiro atoms. The molecule has 2 aliphatic heterocycles. The van der Waals surface area contributed by atoms with E-state index in [1.807, 2.05) is 0 Å². The molecule has 146 valence electrons. The molecule has 27 heavy (non-hydrogen) atoms. The van der Waals surface area contributed by atoms with E-state index in [1.165, 1.54) is 10.4 Å². The van der Waals surface area contributed by atoms with Gasteiger partial charge in [0.25, 0.3) is 0 Å². The molecular weight excluding hydrogens is 373 g/mol. The molecule has 2 aliphatic rings. The molecule has 1 aromatic carbocycles. The molecular formula is C18H22FN3O4S. The van der Waals surface area contributed by atoms with Gasteiger partial charge in [0.2, 0.25) is 10.0 Å². The van der Waals surface area contributed by atoms with Crippen LogP contribution in [0.1, 0.15) is 26.3 Å². The van der Waals surface area contributed by atoms with E-state index in [0.29, 0.717) is 13.1 Å². The van der Waals surface area contributed by atoms with Gasteiger partial charge in [-0.15, -0.1) is 0 Å². The van der Waals surface area contributed by atoms with Crippen molar-refractivity contribution in [3.05, 3.63) is 29.6 Å². The molecule has 0 N–H and O–H groups in total. The SMILES string of the molecule is CC(C)(C)OC(=O)N1C[C@@H]2CN(S(=O)(=O)c3cc(F)cc(C#N)c3)C[C@@H]2C1. The van der Waals surface area contributed by atoms with Crippen LogP contribution in [0.3, 0.4) is 0 Å². The molecule has 0 aromatic heterocycles. The van der Waals surface area contributed by atoms with E-state index in [-0.39, 0.29) is 35.4 Å². The van der Waals surface area contributed by atoms with E-state index in [9.17, 15) is 17.6 Å². The maximum absolute atomic E-state index is 13.6. The van der Waals surface area contributed by atoms with Crippen LogP contribution in [0.25, 0.3) is 0 Å². The molecule has 0 saturated carbocycles. The number of halogens is 1. The molecule has 1 amide bonds. The summed E-state index contributed by atoms with van der Waals surface area (Å²) >= 11 is 0. The van der Waals surface area contributed by atoms with Crippen LogP contribution in [0.4, 0.5) is 9.18 Å². The van der Waals surface area contributed by atoms with Crippen molar-refractivity contribution < 1.29 is 22.3 Å². The maximum Gasteiger partial charge on any atom is 0.410 e. The van der Waals surface area contributed by atoms with Crippen LogP contribution in [-0.2, 0) is 14.8 Å². The highest BCUT2D eigenvalue weighted by molar-refractivity contribution is 7.89. The quantitative estimate of drug-likeness (QED) is 0.766. The maximum atomic E-state index is 13.6. The van der Waals surface area contributed by atoms with Crippen LogP contribution in [0.2, 0.25) is 0 Å². The lowest BCUT2D eigenvalue weighted by Crippen LogP contribution is -2.38. The third-order valence-electron chi connectivity index (χ3n) is 4.74. The van der Waals surface area contributed by atoms with Crippen molar-refractivity contribution in [3.8, 4) is 6.07 Å². The Labute approximate surface area is 158 Å². The number of nitriles is 1. The number of hydrogen-bond acceptors (Lipinski definition) is 5. The lowest BCUT2D eigenvalue weighted by atomic mass is 10.0. The summed E-state index contributed by atoms with van der Waals surface area (Å²) in [7, 11) is -3.89. The van der Waals surface area contributed by atoms with Crippen LogP contribution in [-0.4, -0.2) is 55.5 Å². The van der Waals surface area contributed by atoms with Gasteiger partial charge in [-0.2, -0.15) is 9.57 Å². The Hall–Kier alpha value is -2.18. The van der Waals surface area contributed by atoms with Crippen molar-refractivity contribution in [2.75, 3.05) is 26.2 Å². The normalized spacial score (nSPS) is 23.1. The number of sulfonamides is 1. The second kappa shape index (κ2) is 6.77. The van der Waals surface area contributed by atoms with E-state index in [4.69, 9.17) is 10.00 Å². The van der Waals surface area contributed by atoms with Crippen molar-refractivity contribution in [1.29, 1.82) is 5.26 Å². The second-order valence-electron chi connectivity index (χ2n) is 8.01. The lowest BCUT2D eigenvalue weighted by molar-refractivity contribution is 0.0279. The minimum Gasteiger partial charge on any atom is -0.444 e. The number of carbonyl (C=O) groups excluding carboxylic acids is 1. The fourth-order valence-corrected chi connectivity index (χ4v) is 5.16. The van der Waals surface area contributed by atoms with Crippen LogP contribution >= 0.6 is 0 Å². The van der Waals surface area contributed by atoms with Gasteiger partial charge in [0.05, 0.1) is 16.5 Å². The molecule has 2 saturated heterocycles. The van der Waals surface area contributed by atoms with Gasteiger partial charge < -0.3 is 9.64 Å². The second-order valence-corrected chi connectivity index (χ2v) is 9.95. The number of nitrogens with zero attached hydrogens (tertiary/aromatic N) is 3. The monoisotopic (exact) mass is 395 g/mol. The minimum atomic E-state index is -3.89. The standard InChI is InChI=1S/C18H22FN3O4S/c1-18(2,3)26-17(23)21-8-13-10-22(11-14(13)9-21)27(24,25)16-5-12(7-20)4-15(19)6-16/h4-6,13-14H,8-11H2,1-3H3/t13-,14+. The number of rotatable bonds is 2. The van der Waals surface area contributed by atoms with Crippen molar-refractivity contribution >= 4 is 16.1 Å². The zero-order valence-electron chi connectivity index (χ0n) is 15.5. The van der Waals surface area contributed by atoms with E-state index < -0.39 is 27.5 Å². The molecule has 2 heterocycles. The predicted molar refractivity (Wildman–Crippen MR) is 94.7 cm³/mol. The summed E-state index contributed by atoms with van der Waals surface area (Å²) in [6.07, 6.45) is -0.393. The molecule has 3 rings (SSSR count). The summed E-state index contributed by atoms with van der Waals surface area (Å²) in [4.78, 5) is 13.6. The van der Waals surface area contributed by atoms with Crippen LogP contribution in [0, 0.1) is 29.0 Å². The van der Waals surface area contributed by atoms with Crippen LogP contribution < -0.4 is 0 Å². The van der Waals surface area contributed by atoms with E-state index in [0.717, 1.165) is 12.1 Å². The first kappa shape index (κ1) is 19.6. The first-order valence-electron chi connectivity index (χ1n) is 8.68. The topological polar surface area (TPSA) is 90.7 Å². The summed E-state index contributed by atoms with van der Waals surface area (Å²) in [5.41, 5.74) is -0.621. The van der Waals surface area contributed by atoms with Crippen molar-refractivity contribution in [3.63, 3.8) is 0 Å². The lowest BCUT2D eigenvalue weighted by Gasteiger charge is -2.26. The number of carbonyl (C=O) groups is 1.